The van der Waals surface area contributed by atoms with Gasteiger partial charge in [0.15, 0.2) is 0 Å². The van der Waals surface area contributed by atoms with E-state index in [-0.39, 0.29) is 23.6 Å². The first kappa shape index (κ1) is 17.6. The highest BCUT2D eigenvalue weighted by atomic mass is 16.2. The number of nitrogens with two attached hydrogens (primary N) is 1. The van der Waals surface area contributed by atoms with Crippen molar-refractivity contribution in [3.05, 3.63) is 40.4 Å². The second kappa shape index (κ2) is 7.35. The fourth-order valence-electron chi connectivity index (χ4n) is 3.67. The molecule has 1 aromatic heterocycles. The number of aryl methyl sites for hydroxylation is 2. The highest BCUT2D eigenvalue weighted by molar-refractivity contribution is 5.80. The number of hydrogen-bond donors (Lipinski definition) is 1. The lowest BCUT2D eigenvalue weighted by Gasteiger charge is -2.38. The van der Waals surface area contributed by atoms with Gasteiger partial charge < -0.3 is 10.6 Å². The summed E-state index contributed by atoms with van der Waals surface area (Å²) in [5.41, 5.74) is 7.65. The quantitative estimate of drug-likeness (QED) is 0.919. The highest BCUT2D eigenvalue weighted by Gasteiger charge is 2.28. The minimum Gasteiger partial charge on any atom is -0.338 e. The smallest absolute Gasteiger partial charge is 0.261 e. The summed E-state index contributed by atoms with van der Waals surface area (Å²) in [5, 5.41) is 0.598. The van der Waals surface area contributed by atoms with Crippen LogP contribution in [-0.4, -0.2) is 39.0 Å². The number of aromatic nitrogens is 2. The summed E-state index contributed by atoms with van der Waals surface area (Å²) in [7, 11) is 0. The van der Waals surface area contributed by atoms with E-state index in [1.165, 1.54) is 4.57 Å². The average molecular weight is 342 g/mol. The van der Waals surface area contributed by atoms with E-state index in [4.69, 9.17) is 5.73 Å². The zero-order chi connectivity index (χ0) is 18.0. The molecule has 2 atom stereocenters. The molecule has 6 heteroatoms. The van der Waals surface area contributed by atoms with E-state index in [1.54, 1.807) is 12.4 Å². The summed E-state index contributed by atoms with van der Waals surface area (Å²) < 4.78 is 1.53. The predicted octanol–water partition coefficient (Wildman–Crippen LogP) is 1.82. The number of carbonyl (C=O) groups excluding carboxylic acids is 1. The number of hydrogen-bond acceptors (Lipinski definition) is 4. The molecule has 1 aliphatic rings. The first-order chi connectivity index (χ1) is 12.0. The van der Waals surface area contributed by atoms with Crippen molar-refractivity contribution in [2.75, 3.05) is 6.54 Å². The number of rotatable bonds is 4. The maximum absolute atomic E-state index is 12.6. The summed E-state index contributed by atoms with van der Waals surface area (Å²) in [6.45, 7) is 5.00. The monoisotopic (exact) mass is 342 g/mol. The van der Waals surface area contributed by atoms with Gasteiger partial charge >= 0.3 is 0 Å². The molecule has 25 heavy (non-hydrogen) atoms. The molecule has 1 aliphatic heterocycles. The van der Waals surface area contributed by atoms with Crippen molar-refractivity contribution in [3.8, 4) is 0 Å². The van der Waals surface area contributed by atoms with E-state index in [9.17, 15) is 9.59 Å². The predicted molar refractivity (Wildman–Crippen MR) is 98.4 cm³/mol. The molecule has 1 fully saturated rings. The Labute approximate surface area is 147 Å². The first-order valence-corrected chi connectivity index (χ1v) is 8.99. The molecule has 0 bridgehead atoms. The van der Waals surface area contributed by atoms with Gasteiger partial charge in [-0.2, -0.15) is 0 Å². The van der Waals surface area contributed by atoms with E-state index < -0.39 is 0 Å². The lowest BCUT2D eigenvalue weighted by Crippen LogP contribution is -2.51. The maximum atomic E-state index is 12.6. The van der Waals surface area contributed by atoms with Gasteiger partial charge in [-0.1, -0.05) is 12.1 Å². The number of para-hydroxylation sites is 1. The normalized spacial score (nSPS) is 19.2. The van der Waals surface area contributed by atoms with Crippen LogP contribution in [0.3, 0.4) is 0 Å². The Balaban J connectivity index is 1.75. The third-order valence-electron chi connectivity index (χ3n) is 5.10. The molecule has 1 aromatic carbocycles. The average Bonchev–Trinajstić information content (AvgIpc) is 2.61. The molecule has 1 saturated heterocycles. The second-order valence-corrected chi connectivity index (χ2v) is 6.97. The van der Waals surface area contributed by atoms with Crippen LogP contribution in [0.15, 0.2) is 29.3 Å². The van der Waals surface area contributed by atoms with Gasteiger partial charge in [0.05, 0.1) is 17.2 Å². The molecule has 134 valence electrons. The number of fused-ring (bicyclic) bond motifs is 1. The SMILES string of the molecule is Cc1cccc2c(=O)n(CCC(=O)N3CCCCC3C(C)N)cnc12. The summed E-state index contributed by atoms with van der Waals surface area (Å²) in [6.07, 6.45) is 4.93. The van der Waals surface area contributed by atoms with Gasteiger partial charge in [0.2, 0.25) is 5.91 Å². The third-order valence-corrected chi connectivity index (χ3v) is 5.10. The van der Waals surface area contributed by atoms with Crippen LogP contribution >= 0.6 is 0 Å². The number of carbonyl (C=O) groups is 1. The van der Waals surface area contributed by atoms with Gasteiger partial charge in [0, 0.05) is 31.6 Å². The molecular formula is C19H26N4O2. The minimum atomic E-state index is -0.0936. The number of piperidine rings is 1. The van der Waals surface area contributed by atoms with Crippen LogP contribution in [-0.2, 0) is 11.3 Å². The lowest BCUT2D eigenvalue weighted by molar-refractivity contribution is -0.135. The first-order valence-electron chi connectivity index (χ1n) is 8.99. The molecule has 1 amide bonds. The van der Waals surface area contributed by atoms with Crippen LogP contribution in [0.4, 0.5) is 0 Å². The van der Waals surface area contributed by atoms with Gasteiger partial charge in [-0.05, 0) is 44.7 Å². The van der Waals surface area contributed by atoms with Crippen LogP contribution < -0.4 is 11.3 Å². The minimum absolute atomic E-state index is 0.0303. The number of benzene rings is 1. The molecule has 2 unspecified atom stereocenters. The highest BCUT2D eigenvalue weighted by Crippen LogP contribution is 2.20. The van der Waals surface area contributed by atoms with Crippen molar-refractivity contribution in [3.63, 3.8) is 0 Å². The second-order valence-electron chi connectivity index (χ2n) is 6.97. The molecular weight excluding hydrogens is 316 g/mol. The van der Waals surface area contributed by atoms with Crippen molar-refractivity contribution in [1.82, 2.24) is 14.5 Å². The Kier molecular flexibility index (Phi) is 5.18. The summed E-state index contributed by atoms with van der Waals surface area (Å²) in [5.74, 6) is 0.0678. The van der Waals surface area contributed by atoms with Crippen molar-refractivity contribution in [2.24, 2.45) is 5.73 Å². The van der Waals surface area contributed by atoms with E-state index in [0.29, 0.717) is 18.4 Å². The fourth-order valence-corrected chi connectivity index (χ4v) is 3.67. The van der Waals surface area contributed by atoms with Crippen LogP contribution in [0.1, 0.15) is 38.2 Å². The van der Waals surface area contributed by atoms with E-state index in [0.717, 1.165) is 36.9 Å². The number of amides is 1. The molecule has 0 radical (unpaired) electrons. The third kappa shape index (κ3) is 3.58. The molecule has 2 N–H and O–H groups in total. The Morgan fingerprint density at radius 2 is 2.20 bits per heavy atom. The van der Waals surface area contributed by atoms with Gasteiger partial charge in [-0.3, -0.25) is 14.2 Å². The summed E-state index contributed by atoms with van der Waals surface area (Å²) >= 11 is 0. The fraction of sp³-hybridized carbons (Fsp3) is 0.526. The van der Waals surface area contributed by atoms with Crippen molar-refractivity contribution in [1.29, 1.82) is 0 Å². The van der Waals surface area contributed by atoms with Crippen LogP contribution in [0.25, 0.3) is 10.9 Å². The molecule has 3 rings (SSSR count). The number of nitrogens with zero attached hydrogens (tertiary/aromatic N) is 3. The Morgan fingerprint density at radius 1 is 1.40 bits per heavy atom. The summed E-state index contributed by atoms with van der Waals surface area (Å²) in [6, 6.07) is 5.66. The largest absolute Gasteiger partial charge is 0.338 e. The zero-order valence-corrected chi connectivity index (χ0v) is 14.9. The van der Waals surface area contributed by atoms with Gasteiger partial charge in [-0.15, -0.1) is 0 Å². The molecule has 0 spiro atoms. The van der Waals surface area contributed by atoms with Gasteiger partial charge in [0.1, 0.15) is 0 Å². The van der Waals surface area contributed by atoms with Crippen molar-refractivity contribution < 1.29 is 4.79 Å². The molecule has 2 heterocycles. The molecule has 0 saturated carbocycles. The number of likely N-dealkylation sites (tertiary alicyclic amines) is 1. The maximum Gasteiger partial charge on any atom is 0.261 e. The lowest BCUT2D eigenvalue weighted by atomic mass is 9.96. The van der Waals surface area contributed by atoms with E-state index in [1.807, 2.05) is 30.9 Å². The van der Waals surface area contributed by atoms with Crippen molar-refractivity contribution in [2.45, 2.75) is 58.2 Å². The van der Waals surface area contributed by atoms with Crippen molar-refractivity contribution >= 4 is 16.8 Å². The Bertz CT molecular complexity index is 828. The topological polar surface area (TPSA) is 81.2 Å². The molecule has 6 nitrogen and oxygen atoms in total. The summed E-state index contributed by atoms with van der Waals surface area (Å²) in [4.78, 5) is 31.6. The van der Waals surface area contributed by atoms with Crippen LogP contribution in [0, 0.1) is 6.92 Å². The Morgan fingerprint density at radius 3 is 2.96 bits per heavy atom. The Hall–Kier alpha value is -2.21. The molecule has 2 aromatic rings. The van der Waals surface area contributed by atoms with Crippen LogP contribution in [0.5, 0.6) is 0 Å². The molecule has 0 aliphatic carbocycles. The zero-order valence-electron chi connectivity index (χ0n) is 14.9. The van der Waals surface area contributed by atoms with E-state index in [2.05, 4.69) is 4.98 Å². The standard InChI is InChI=1S/C19H26N4O2/c1-13-6-5-7-15-18(13)21-12-22(19(15)25)11-9-17(24)23-10-4-3-8-16(23)14(2)20/h5-7,12,14,16H,3-4,8-11,20H2,1-2H3. The van der Waals surface area contributed by atoms with E-state index >= 15 is 0 Å². The van der Waals surface area contributed by atoms with Gasteiger partial charge in [-0.25, -0.2) is 4.98 Å². The van der Waals surface area contributed by atoms with Crippen LogP contribution in [0.2, 0.25) is 0 Å². The van der Waals surface area contributed by atoms with Gasteiger partial charge in [0.25, 0.3) is 5.56 Å².